The highest BCUT2D eigenvalue weighted by Crippen LogP contribution is 2.48. The molecule has 18 heteroatoms. The monoisotopic (exact) mass is 1070 g/mol. The Kier molecular flexibility index (Phi) is 19.3. The van der Waals surface area contributed by atoms with Crippen LogP contribution in [0.25, 0.3) is 32.7 Å². The summed E-state index contributed by atoms with van der Waals surface area (Å²) in [6.45, 7) is 8.24. The minimum Gasteiger partial charge on any atom is -0.313 e. The summed E-state index contributed by atoms with van der Waals surface area (Å²) < 4.78 is 127. The molecule has 1 amide bonds. The summed E-state index contributed by atoms with van der Waals surface area (Å²) in [5.74, 6) is -3.42. The average molecular weight is 1070 g/mol. The Labute approximate surface area is 421 Å². The Balaban J connectivity index is 1.50. The molecule has 0 radical (unpaired) electrons. The molecule has 8 nitrogen and oxygen atoms in total. The van der Waals surface area contributed by atoms with Gasteiger partial charge >= 0.3 is 21.0 Å². The third-order valence-electron chi connectivity index (χ3n) is 12.3. The van der Waals surface area contributed by atoms with E-state index < -0.39 is 70.6 Å². The third-order valence-corrected chi connectivity index (χ3v) is 20.2. The van der Waals surface area contributed by atoms with E-state index in [1.54, 1.807) is 0 Å². The van der Waals surface area contributed by atoms with Gasteiger partial charge in [0.1, 0.15) is 11.5 Å². The number of amides is 1. The molecule has 386 valence electrons. The molecule has 0 aliphatic carbocycles. The van der Waals surface area contributed by atoms with E-state index in [0.29, 0.717) is 25.2 Å². The van der Waals surface area contributed by atoms with Gasteiger partial charge in [-0.2, -0.15) is 34.8 Å². The maximum absolute atomic E-state index is 13.2. The molecule has 0 fully saturated rings. The molecule has 0 heterocycles. The number of sulfone groups is 1. The minimum absolute atomic E-state index is 0.00890. The van der Waals surface area contributed by atoms with Gasteiger partial charge in [-0.15, -0.1) is 0 Å². The maximum Gasteiger partial charge on any atom is 0.516 e. The zero-order valence-corrected chi connectivity index (χ0v) is 43.9. The van der Waals surface area contributed by atoms with Gasteiger partial charge in [-0.25, -0.2) is 13.1 Å². The third kappa shape index (κ3) is 14.7. The highest BCUT2D eigenvalue weighted by molar-refractivity contribution is 7.93. The fraction of sp³-hybridized carbons (Fsp3) is 0.370. The Bertz CT molecular complexity index is 2830. The summed E-state index contributed by atoms with van der Waals surface area (Å²) in [5.41, 5.74) is -9.06. The van der Waals surface area contributed by atoms with Gasteiger partial charge in [0.15, 0.2) is 0 Å². The van der Waals surface area contributed by atoms with Gasteiger partial charge in [0.2, 0.25) is 5.91 Å². The lowest BCUT2D eigenvalue weighted by Gasteiger charge is -2.32. The van der Waals surface area contributed by atoms with Crippen LogP contribution >= 0.6 is 15.8 Å². The molecule has 0 aliphatic heterocycles. The van der Waals surface area contributed by atoms with Gasteiger partial charge in [0.05, 0.1) is 0 Å². The first-order chi connectivity index (χ1) is 34.0. The van der Waals surface area contributed by atoms with Crippen LogP contribution in [0, 0.1) is 17.8 Å². The van der Waals surface area contributed by atoms with Crippen LogP contribution in [0.2, 0.25) is 0 Å². The van der Waals surface area contributed by atoms with E-state index in [1.807, 2.05) is 60.7 Å². The van der Waals surface area contributed by atoms with Crippen molar-refractivity contribution >= 4 is 90.2 Å². The number of alkyl halides is 6. The highest BCUT2D eigenvalue weighted by Gasteiger charge is 2.47. The molecule has 6 rings (SSSR count). The number of nitrogens with one attached hydrogen (secondary N) is 2. The SMILES string of the molecule is CC(C)CC(CCCC(=O)CS(=O)(=O)C(F)(F)F)CP(c1ccccc1)c1ccc2ccccc2c1-c1c(P(CC(CC(C)C)NCCC(=O)NS(=O)(=O)C(F)(F)F)c2ccccc2)ccc2ccccc12. The van der Waals surface area contributed by atoms with Crippen molar-refractivity contribution in [3.8, 4) is 11.1 Å². The number of hydrogen-bond donors (Lipinski definition) is 2. The number of hydrogen-bond acceptors (Lipinski definition) is 7. The van der Waals surface area contributed by atoms with Crippen LogP contribution in [0.15, 0.2) is 133 Å². The van der Waals surface area contributed by atoms with Gasteiger partial charge < -0.3 is 5.32 Å². The van der Waals surface area contributed by atoms with Crippen molar-refractivity contribution in [2.24, 2.45) is 17.8 Å². The fourth-order valence-corrected chi connectivity index (χ4v) is 16.0. The van der Waals surface area contributed by atoms with Crippen LogP contribution in [0.5, 0.6) is 0 Å². The van der Waals surface area contributed by atoms with Gasteiger partial charge in [0, 0.05) is 25.4 Å². The molecule has 4 unspecified atom stereocenters. The van der Waals surface area contributed by atoms with Gasteiger partial charge in [-0.1, -0.05) is 161 Å². The number of sulfonamides is 1. The lowest BCUT2D eigenvalue weighted by molar-refractivity contribution is -0.120. The van der Waals surface area contributed by atoms with Crippen LogP contribution < -0.4 is 31.3 Å². The first-order valence-electron chi connectivity index (χ1n) is 23.8. The summed E-state index contributed by atoms with van der Waals surface area (Å²) in [6, 6.07) is 45.1. The molecule has 0 spiro atoms. The van der Waals surface area contributed by atoms with E-state index in [2.05, 4.69) is 106 Å². The van der Waals surface area contributed by atoms with Crippen molar-refractivity contribution in [1.82, 2.24) is 10.0 Å². The van der Waals surface area contributed by atoms with Crippen molar-refractivity contribution in [2.45, 2.75) is 83.3 Å². The second kappa shape index (κ2) is 24.5. The zero-order chi connectivity index (χ0) is 52.4. The highest BCUT2D eigenvalue weighted by atomic mass is 32.2. The van der Waals surface area contributed by atoms with Crippen molar-refractivity contribution in [2.75, 3.05) is 24.6 Å². The Morgan fingerprint density at radius 1 is 0.569 bits per heavy atom. The lowest BCUT2D eigenvalue weighted by Crippen LogP contribution is -2.42. The van der Waals surface area contributed by atoms with E-state index in [9.17, 15) is 52.8 Å². The van der Waals surface area contributed by atoms with Crippen molar-refractivity contribution in [3.05, 3.63) is 133 Å². The summed E-state index contributed by atoms with van der Waals surface area (Å²) in [6.07, 6.45) is 2.53. The summed E-state index contributed by atoms with van der Waals surface area (Å²) in [5, 5.41) is 11.8. The summed E-state index contributed by atoms with van der Waals surface area (Å²) in [4.78, 5) is 25.3. The summed E-state index contributed by atoms with van der Waals surface area (Å²) >= 11 is 0. The summed E-state index contributed by atoms with van der Waals surface area (Å²) in [7, 11) is -13.9. The number of Topliss-reactive ketones (excluding diaryl/α,β-unsaturated/α-hetero) is 1. The van der Waals surface area contributed by atoms with Crippen molar-refractivity contribution in [1.29, 1.82) is 0 Å². The number of carbonyl (C=O) groups is 2. The predicted octanol–water partition coefficient (Wildman–Crippen LogP) is 11.2. The fourth-order valence-electron chi connectivity index (χ4n) is 9.22. The minimum atomic E-state index is -5.86. The second-order valence-corrected chi connectivity index (χ2v) is 27.0. The Hall–Kier alpha value is -4.72. The average Bonchev–Trinajstić information content (AvgIpc) is 3.31. The molecule has 4 atom stereocenters. The molecule has 2 N–H and O–H groups in total. The normalized spacial score (nSPS) is 14.4. The van der Waals surface area contributed by atoms with Gasteiger partial charge in [0.25, 0.3) is 9.84 Å². The number of carbonyl (C=O) groups excluding carboxylic acids is 2. The van der Waals surface area contributed by atoms with Crippen molar-refractivity contribution in [3.63, 3.8) is 0 Å². The first-order valence-corrected chi connectivity index (χ1v) is 30.0. The standard InChI is InChI=1S/C54H60F6N2O6P2S2/c1-37(2)32-39(16-15-19-43(63)36-71(65,66)53(55,56)57)34-69(44-20-7-5-8-21-44)48-28-26-40-17-11-13-24-46(40)51(48)52-47-25-14-12-18-41(47)27-29-49(52)70(45-22-9-6-10-23-45)35-42(33-38(3)4)61-31-30-50(64)62-72(67,68)54(58,59)60/h5-14,17-18,20-29,37-39,42,61H,15-16,19,30-36H2,1-4H3,(H,62,64). The van der Waals surface area contributed by atoms with E-state index in [4.69, 9.17) is 0 Å². The van der Waals surface area contributed by atoms with Gasteiger partial charge in [-0.05, 0) is 125 Å². The number of halogens is 6. The second-order valence-electron chi connectivity index (χ2n) is 18.9. The molecule has 0 saturated heterocycles. The maximum atomic E-state index is 13.2. The lowest BCUT2D eigenvalue weighted by atomic mass is 9.93. The quantitative estimate of drug-likeness (QED) is 0.0457. The van der Waals surface area contributed by atoms with Crippen LogP contribution in [0.3, 0.4) is 0 Å². The van der Waals surface area contributed by atoms with Crippen LogP contribution in [-0.4, -0.2) is 70.2 Å². The smallest absolute Gasteiger partial charge is 0.313 e. The topological polar surface area (TPSA) is 126 Å². The molecule has 0 aliphatic rings. The van der Waals surface area contributed by atoms with Crippen molar-refractivity contribution < 1.29 is 52.8 Å². The molecule has 6 aromatic carbocycles. The van der Waals surface area contributed by atoms with E-state index in [-0.39, 0.29) is 43.2 Å². The van der Waals surface area contributed by atoms with E-state index >= 15 is 0 Å². The largest absolute Gasteiger partial charge is 0.516 e. The molecular formula is C54H60F6N2O6P2S2. The number of fused-ring (bicyclic) bond motifs is 2. The van der Waals surface area contributed by atoms with E-state index in [1.165, 1.54) is 0 Å². The van der Waals surface area contributed by atoms with Crippen LogP contribution in [0.4, 0.5) is 26.3 Å². The van der Waals surface area contributed by atoms with Crippen LogP contribution in [-0.2, 0) is 29.4 Å². The Morgan fingerprint density at radius 3 is 1.51 bits per heavy atom. The zero-order valence-electron chi connectivity index (χ0n) is 40.5. The molecule has 0 bridgehead atoms. The molecular weight excluding hydrogens is 1010 g/mol. The Morgan fingerprint density at radius 2 is 1.04 bits per heavy atom. The first kappa shape index (κ1) is 56.6. The molecule has 6 aromatic rings. The molecule has 72 heavy (non-hydrogen) atoms. The van der Waals surface area contributed by atoms with Crippen LogP contribution in [0.1, 0.15) is 66.2 Å². The predicted molar refractivity (Wildman–Crippen MR) is 283 cm³/mol. The number of ketones is 1. The molecule has 0 aromatic heterocycles. The molecule has 0 saturated carbocycles. The van der Waals surface area contributed by atoms with E-state index in [0.717, 1.165) is 65.0 Å². The van der Waals surface area contributed by atoms with Gasteiger partial charge in [-0.3, -0.25) is 9.59 Å². The number of benzene rings is 6. The number of rotatable bonds is 24.